The number of para-hydroxylation sites is 1. The van der Waals surface area contributed by atoms with Crippen LogP contribution in [0.1, 0.15) is 34.1 Å². The van der Waals surface area contributed by atoms with Crippen LogP contribution in [0.25, 0.3) is 10.2 Å². The third-order valence-corrected chi connectivity index (χ3v) is 6.03. The summed E-state index contributed by atoms with van der Waals surface area (Å²) in [4.78, 5) is 28.7. The Labute approximate surface area is 154 Å². The van der Waals surface area contributed by atoms with Crippen LogP contribution in [-0.2, 0) is 0 Å². The number of hydrogen-bond acceptors (Lipinski definition) is 6. The normalized spacial score (nSPS) is 15.3. The number of thiazole rings is 1. The van der Waals surface area contributed by atoms with Gasteiger partial charge in [0.1, 0.15) is 12.0 Å². The molecule has 0 unspecified atom stereocenters. The number of carbonyl (C=O) groups excluding carboxylic acids is 1. The molecule has 1 aliphatic heterocycles. The van der Waals surface area contributed by atoms with E-state index in [4.69, 9.17) is 4.98 Å². The lowest BCUT2D eigenvalue weighted by molar-refractivity contribution is -0.384. The number of nitrogens with zero attached hydrogens (tertiary/aromatic N) is 3. The summed E-state index contributed by atoms with van der Waals surface area (Å²) in [5.41, 5.74) is 1.94. The zero-order valence-electron chi connectivity index (χ0n) is 14.0. The Kier molecular flexibility index (Phi) is 4.38. The van der Waals surface area contributed by atoms with Crippen molar-refractivity contribution in [2.24, 2.45) is 0 Å². The van der Waals surface area contributed by atoms with Crippen LogP contribution in [-0.4, -0.2) is 29.3 Å². The minimum absolute atomic E-state index is 0.00645. The van der Waals surface area contributed by atoms with Crippen LogP contribution in [0.2, 0.25) is 0 Å². The second kappa shape index (κ2) is 6.84. The fourth-order valence-electron chi connectivity index (χ4n) is 3.46. The Morgan fingerprint density at radius 1 is 1.19 bits per heavy atom. The molecule has 7 heteroatoms. The van der Waals surface area contributed by atoms with Crippen molar-refractivity contribution < 1.29 is 9.72 Å². The molecule has 4 rings (SSSR count). The van der Waals surface area contributed by atoms with Gasteiger partial charge >= 0.3 is 0 Å². The van der Waals surface area contributed by atoms with Crippen molar-refractivity contribution in [1.29, 1.82) is 0 Å². The molecule has 132 valence electrons. The number of rotatable bonds is 4. The van der Waals surface area contributed by atoms with E-state index >= 15 is 0 Å². The number of piperidine rings is 1. The maximum absolute atomic E-state index is 11.4. The third kappa shape index (κ3) is 3.06. The van der Waals surface area contributed by atoms with E-state index in [-0.39, 0.29) is 5.69 Å². The van der Waals surface area contributed by atoms with Gasteiger partial charge in [-0.2, -0.15) is 0 Å². The van der Waals surface area contributed by atoms with Gasteiger partial charge in [-0.3, -0.25) is 14.9 Å². The van der Waals surface area contributed by atoms with Gasteiger partial charge in [0.25, 0.3) is 5.69 Å². The molecular weight excluding hydrogens is 350 g/mol. The van der Waals surface area contributed by atoms with Crippen LogP contribution >= 0.6 is 11.3 Å². The van der Waals surface area contributed by atoms with E-state index < -0.39 is 4.92 Å². The largest absolute Gasteiger partial charge is 0.366 e. The van der Waals surface area contributed by atoms with E-state index in [9.17, 15) is 14.9 Å². The van der Waals surface area contributed by atoms with E-state index in [1.54, 1.807) is 23.5 Å². The van der Waals surface area contributed by atoms with E-state index in [1.165, 1.54) is 10.8 Å². The second-order valence-corrected chi connectivity index (χ2v) is 7.47. The fraction of sp³-hybridized carbons (Fsp3) is 0.263. The van der Waals surface area contributed by atoms with Crippen LogP contribution < -0.4 is 4.90 Å². The highest BCUT2D eigenvalue weighted by Gasteiger charge is 2.27. The maximum Gasteiger partial charge on any atom is 0.293 e. The van der Waals surface area contributed by atoms with E-state index in [0.717, 1.165) is 36.5 Å². The Hall–Kier alpha value is -2.80. The molecule has 2 aromatic carbocycles. The average Bonchev–Trinajstić information content (AvgIpc) is 3.12. The average molecular weight is 367 g/mol. The molecule has 26 heavy (non-hydrogen) atoms. The van der Waals surface area contributed by atoms with Gasteiger partial charge in [-0.05, 0) is 37.1 Å². The molecule has 1 aliphatic rings. The fourth-order valence-corrected chi connectivity index (χ4v) is 4.60. The first kappa shape index (κ1) is 16.7. The highest BCUT2D eigenvalue weighted by atomic mass is 32.1. The summed E-state index contributed by atoms with van der Waals surface area (Å²) < 4.78 is 1.20. The highest BCUT2D eigenvalue weighted by molar-refractivity contribution is 7.18. The Bertz CT molecular complexity index is 944. The summed E-state index contributed by atoms with van der Waals surface area (Å²) in [7, 11) is 0. The first-order valence-corrected chi connectivity index (χ1v) is 9.31. The van der Waals surface area contributed by atoms with Gasteiger partial charge in [-0.1, -0.05) is 12.1 Å². The number of anilines is 1. The first-order valence-electron chi connectivity index (χ1n) is 8.50. The molecule has 3 aromatic rings. The smallest absolute Gasteiger partial charge is 0.293 e. The molecule has 1 saturated heterocycles. The van der Waals surface area contributed by atoms with Gasteiger partial charge < -0.3 is 4.90 Å². The standard InChI is InChI=1S/C19H17N3O3S/c23-12-13-5-6-16(17(11-13)22(24)25)21-9-7-14(8-10-21)19-20-15-3-1-2-4-18(15)26-19/h1-6,11-12,14H,7-10H2. The molecule has 0 bridgehead atoms. The van der Waals surface area contributed by atoms with Gasteiger partial charge in [0.15, 0.2) is 0 Å². The van der Waals surface area contributed by atoms with E-state index in [0.29, 0.717) is 23.5 Å². The second-order valence-electron chi connectivity index (χ2n) is 6.40. The summed E-state index contributed by atoms with van der Waals surface area (Å²) in [5.74, 6) is 0.386. The van der Waals surface area contributed by atoms with Crippen molar-refractivity contribution in [3.8, 4) is 0 Å². The van der Waals surface area contributed by atoms with Crippen molar-refractivity contribution in [1.82, 2.24) is 4.98 Å². The Balaban J connectivity index is 1.53. The molecular formula is C19H17N3O3S. The lowest BCUT2D eigenvalue weighted by Gasteiger charge is -2.32. The van der Waals surface area contributed by atoms with Crippen LogP contribution in [0, 0.1) is 10.1 Å². The van der Waals surface area contributed by atoms with E-state index in [1.807, 2.05) is 23.1 Å². The predicted molar refractivity (Wildman–Crippen MR) is 102 cm³/mol. The number of carbonyl (C=O) groups is 1. The summed E-state index contributed by atoms with van der Waals surface area (Å²) in [5, 5.41) is 12.5. The minimum atomic E-state index is -0.415. The van der Waals surface area contributed by atoms with Crippen molar-refractivity contribution in [2.75, 3.05) is 18.0 Å². The van der Waals surface area contributed by atoms with Crippen LogP contribution in [0.4, 0.5) is 11.4 Å². The molecule has 6 nitrogen and oxygen atoms in total. The van der Waals surface area contributed by atoms with Crippen LogP contribution in [0.5, 0.6) is 0 Å². The highest BCUT2D eigenvalue weighted by Crippen LogP contribution is 2.37. The number of nitro groups is 1. The van der Waals surface area contributed by atoms with Gasteiger partial charge in [0, 0.05) is 30.6 Å². The van der Waals surface area contributed by atoms with Crippen LogP contribution in [0.3, 0.4) is 0 Å². The SMILES string of the molecule is O=Cc1ccc(N2CCC(c3nc4ccccc4s3)CC2)c([N+](=O)[O-])c1. The molecule has 0 atom stereocenters. The third-order valence-electron chi connectivity index (χ3n) is 4.83. The molecule has 1 aromatic heterocycles. The quantitative estimate of drug-likeness (QED) is 0.388. The maximum atomic E-state index is 11.4. The number of aromatic nitrogens is 1. The van der Waals surface area contributed by atoms with E-state index in [2.05, 4.69) is 6.07 Å². The number of benzene rings is 2. The molecule has 0 saturated carbocycles. The zero-order valence-corrected chi connectivity index (χ0v) is 14.8. The number of hydrogen-bond donors (Lipinski definition) is 0. The number of nitro benzene ring substituents is 1. The lowest BCUT2D eigenvalue weighted by Crippen LogP contribution is -2.33. The van der Waals surface area contributed by atoms with Crippen molar-refractivity contribution >= 4 is 39.2 Å². The number of fused-ring (bicyclic) bond motifs is 1. The summed E-state index contributed by atoms with van der Waals surface area (Å²) in [6.07, 6.45) is 2.45. The zero-order chi connectivity index (χ0) is 18.1. The first-order chi connectivity index (χ1) is 12.7. The van der Waals surface area contributed by atoms with Crippen molar-refractivity contribution in [2.45, 2.75) is 18.8 Å². The lowest BCUT2D eigenvalue weighted by atomic mass is 9.97. The monoisotopic (exact) mass is 367 g/mol. The molecule has 0 amide bonds. The van der Waals surface area contributed by atoms with Crippen LogP contribution in [0.15, 0.2) is 42.5 Å². The summed E-state index contributed by atoms with van der Waals surface area (Å²) >= 11 is 1.74. The Morgan fingerprint density at radius 2 is 1.96 bits per heavy atom. The molecule has 0 aliphatic carbocycles. The molecule has 0 radical (unpaired) electrons. The summed E-state index contributed by atoms with van der Waals surface area (Å²) in [6, 6.07) is 12.8. The molecule has 0 spiro atoms. The van der Waals surface area contributed by atoms with Gasteiger partial charge in [0.2, 0.25) is 0 Å². The summed E-state index contributed by atoms with van der Waals surface area (Å²) in [6.45, 7) is 1.48. The van der Waals surface area contributed by atoms with Gasteiger partial charge in [0.05, 0.1) is 20.1 Å². The Morgan fingerprint density at radius 3 is 2.65 bits per heavy atom. The minimum Gasteiger partial charge on any atom is -0.366 e. The van der Waals surface area contributed by atoms with Crippen molar-refractivity contribution in [3.05, 3.63) is 63.1 Å². The van der Waals surface area contributed by atoms with Gasteiger partial charge in [-0.25, -0.2) is 4.98 Å². The topological polar surface area (TPSA) is 76.3 Å². The molecule has 2 heterocycles. The van der Waals surface area contributed by atoms with Crippen molar-refractivity contribution in [3.63, 3.8) is 0 Å². The molecule has 0 N–H and O–H groups in total. The van der Waals surface area contributed by atoms with Gasteiger partial charge in [-0.15, -0.1) is 11.3 Å². The predicted octanol–water partition coefficient (Wildman–Crippen LogP) is 4.40. The molecule has 1 fully saturated rings. The number of aldehydes is 1.